The van der Waals surface area contributed by atoms with E-state index in [0.29, 0.717) is 11.8 Å². The third-order valence-corrected chi connectivity index (χ3v) is 7.77. The lowest BCUT2D eigenvalue weighted by Gasteiger charge is -2.31. The number of benzene rings is 2. The Balaban J connectivity index is 1.18. The Morgan fingerprint density at radius 1 is 0.633 bits per heavy atom. The summed E-state index contributed by atoms with van der Waals surface area (Å²) in [6.45, 7) is 0. The standard InChI is InChI=1S/C26H26N2O2/c1-3-9-17-15(7-1)13-21-23(17)27-25(29-21)19-11-5-6-12-20(19)26-28-24-18-10-4-2-8-16(18)14-22(24)30-26/h1-4,7-10,19-24H,5-6,11-14H2/t19-,20-,21-,22-,23+,24+/m1/s1. The number of rotatable bonds is 2. The molecule has 0 aromatic heterocycles. The molecule has 2 aromatic rings. The van der Waals surface area contributed by atoms with Crippen molar-refractivity contribution in [1.29, 1.82) is 0 Å². The summed E-state index contributed by atoms with van der Waals surface area (Å²) in [6, 6.07) is 17.7. The maximum absolute atomic E-state index is 6.49. The number of aliphatic imine (C=N–C) groups is 2. The van der Waals surface area contributed by atoms with Crippen LogP contribution in [0.15, 0.2) is 58.5 Å². The zero-order valence-corrected chi connectivity index (χ0v) is 17.0. The van der Waals surface area contributed by atoms with E-state index in [1.165, 1.54) is 35.1 Å². The van der Waals surface area contributed by atoms with Crippen LogP contribution in [0, 0.1) is 11.8 Å². The molecule has 1 saturated carbocycles. The molecule has 4 heteroatoms. The summed E-state index contributed by atoms with van der Waals surface area (Å²) in [6.07, 6.45) is 7.03. The van der Waals surface area contributed by atoms with Crippen molar-refractivity contribution in [1.82, 2.24) is 0 Å². The van der Waals surface area contributed by atoms with E-state index < -0.39 is 0 Å². The first kappa shape index (κ1) is 17.1. The van der Waals surface area contributed by atoms with Gasteiger partial charge in [0.1, 0.15) is 24.3 Å². The van der Waals surface area contributed by atoms with Crippen LogP contribution in [-0.4, -0.2) is 24.0 Å². The van der Waals surface area contributed by atoms with Crippen LogP contribution in [0.2, 0.25) is 0 Å². The molecule has 1 fully saturated rings. The van der Waals surface area contributed by atoms with Crippen molar-refractivity contribution in [3.63, 3.8) is 0 Å². The van der Waals surface area contributed by atoms with Gasteiger partial charge in [-0.2, -0.15) is 0 Å². The van der Waals surface area contributed by atoms with Gasteiger partial charge in [0.2, 0.25) is 0 Å². The minimum absolute atomic E-state index is 0.177. The first-order chi connectivity index (χ1) is 14.8. The second-order valence-corrected chi connectivity index (χ2v) is 9.44. The summed E-state index contributed by atoms with van der Waals surface area (Å²) in [5.74, 6) is 2.55. The summed E-state index contributed by atoms with van der Waals surface area (Å²) < 4.78 is 13.0. The number of hydrogen-bond acceptors (Lipinski definition) is 4. The quantitative estimate of drug-likeness (QED) is 0.716. The van der Waals surface area contributed by atoms with Gasteiger partial charge in [0.05, 0.1) is 0 Å². The Labute approximate surface area is 177 Å². The number of nitrogens with zero attached hydrogens (tertiary/aromatic N) is 2. The minimum atomic E-state index is 0.177. The predicted molar refractivity (Wildman–Crippen MR) is 116 cm³/mol. The van der Waals surface area contributed by atoms with Crippen molar-refractivity contribution < 1.29 is 9.47 Å². The average Bonchev–Trinajstić information content (AvgIpc) is 3.52. The Morgan fingerprint density at radius 3 is 1.60 bits per heavy atom. The lowest BCUT2D eigenvalue weighted by Crippen LogP contribution is -2.34. The molecule has 0 spiro atoms. The summed E-state index contributed by atoms with van der Waals surface area (Å²) in [4.78, 5) is 10.3. The van der Waals surface area contributed by atoms with Gasteiger partial charge in [-0.25, -0.2) is 9.98 Å². The molecule has 0 radical (unpaired) electrons. The van der Waals surface area contributed by atoms with Gasteiger partial charge in [0, 0.05) is 24.7 Å². The molecule has 6 atom stereocenters. The van der Waals surface area contributed by atoms with E-state index in [-0.39, 0.29) is 24.3 Å². The van der Waals surface area contributed by atoms with E-state index in [1.807, 2.05) is 0 Å². The van der Waals surface area contributed by atoms with Crippen LogP contribution in [0.3, 0.4) is 0 Å². The van der Waals surface area contributed by atoms with Gasteiger partial charge in [-0.15, -0.1) is 0 Å². The molecule has 30 heavy (non-hydrogen) atoms. The van der Waals surface area contributed by atoms with Crippen LogP contribution in [0.1, 0.15) is 60.0 Å². The zero-order valence-electron chi connectivity index (χ0n) is 17.0. The maximum atomic E-state index is 6.49. The second kappa shape index (κ2) is 6.44. The fourth-order valence-electron chi connectivity index (χ4n) is 6.33. The summed E-state index contributed by atoms with van der Waals surface area (Å²) >= 11 is 0. The number of ether oxygens (including phenoxy) is 2. The predicted octanol–water partition coefficient (Wildman–Crippen LogP) is 4.98. The van der Waals surface area contributed by atoms with E-state index in [0.717, 1.165) is 37.5 Å². The van der Waals surface area contributed by atoms with Crippen molar-refractivity contribution in [2.24, 2.45) is 21.8 Å². The van der Waals surface area contributed by atoms with Crippen LogP contribution in [-0.2, 0) is 22.3 Å². The van der Waals surface area contributed by atoms with E-state index in [4.69, 9.17) is 19.5 Å². The normalized spacial score (nSPS) is 35.5. The minimum Gasteiger partial charge on any atom is -0.474 e. The fraction of sp³-hybridized carbons (Fsp3) is 0.462. The van der Waals surface area contributed by atoms with E-state index in [1.54, 1.807) is 0 Å². The van der Waals surface area contributed by atoms with Gasteiger partial charge < -0.3 is 9.47 Å². The van der Waals surface area contributed by atoms with Crippen LogP contribution in [0.4, 0.5) is 0 Å². The monoisotopic (exact) mass is 398 g/mol. The first-order valence-corrected chi connectivity index (χ1v) is 11.5. The highest BCUT2D eigenvalue weighted by molar-refractivity contribution is 5.90. The van der Waals surface area contributed by atoms with Crippen LogP contribution in [0.25, 0.3) is 0 Å². The molecule has 0 amide bonds. The Bertz CT molecular complexity index is 989. The van der Waals surface area contributed by atoms with Crippen molar-refractivity contribution >= 4 is 11.8 Å². The molecule has 2 heterocycles. The first-order valence-electron chi connectivity index (χ1n) is 11.5. The highest BCUT2D eigenvalue weighted by Crippen LogP contribution is 2.46. The SMILES string of the molecule is c1ccc2c(c1)C[C@H]1OC([C@@H]3CCCC[C@H]3C3=N[C@H]4c5ccccc5C[C@H]4O3)=N[C@@H]21. The Hall–Kier alpha value is -2.62. The van der Waals surface area contributed by atoms with Gasteiger partial charge in [0.25, 0.3) is 0 Å². The maximum Gasteiger partial charge on any atom is 0.188 e. The van der Waals surface area contributed by atoms with Crippen LogP contribution >= 0.6 is 0 Å². The average molecular weight is 399 g/mol. The molecule has 0 bridgehead atoms. The van der Waals surface area contributed by atoms with E-state index >= 15 is 0 Å². The summed E-state index contributed by atoms with van der Waals surface area (Å²) in [5.41, 5.74) is 5.49. The van der Waals surface area contributed by atoms with Gasteiger partial charge in [0.15, 0.2) is 11.8 Å². The molecule has 4 nitrogen and oxygen atoms in total. The molecule has 2 aromatic carbocycles. The third-order valence-electron chi connectivity index (χ3n) is 7.77. The Kier molecular flexibility index (Phi) is 3.67. The second-order valence-electron chi connectivity index (χ2n) is 9.44. The van der Waals surface area contributed by atoms with Crippen LogP contribution in [0.5, 0.6) is 0 Å². The van der Waals surface area contributed by atoms with Crippen molar-refractivity contribution in [2.75, 3.05) is 0 Å². The zero-order chi connectivity index (χ0) is 19.7. The molecular weight excluding hydrogens is 372 g/mol. The fourth-order valence-corrected chi connectivity index (χ4v) is 6.33. The summed E-state index contributed by atoms with van der Waals surface area (Å²) in [5, 5.41) is 0. The van der Waals surface area contributed by atoms with E-state index in [9.17, 15) is 0 Å². The highest BCUT2D eigenvalue weighted by atomic mass is 16.5. The molecule has 0 saturated heterocycles. The Morgan fingerprint density at radius 2 is 1.10 bits per heavy atom. The molecule has 3 aliphatic carbocycles. The molecule has 5 aliphatic rings. The number of fused-ring (bicyclic) bond motifs is 6. The lowest BCUT2D eigenvalue weighted by atomic mass is 9.78. The molecular formula is C26H26N2O2. The van der Waals surface area contributed by atoms with Gasteiger partial charge in [-0.05, 0) is 35.1 Å². The van der Waals surface area contributed by atoms with Crippen LogP contribution < -0.4 is 0 Å². The highest BCUT2D eigenvalue weighted by Gasteiger charge is 2.47. The van der Waals surface area contributed by atoms with Crippen molar-refractivity contribution in [3.05, 3.63) is 70.8 Å². The van der Waals surface area contributed by atoms with Gasteiger partial charge in [-0.1, -0.05) is 61.4 Å². The van der Waals surface area contributed by atoms with Gasteiger partial charge in [-0.3, -0.25) is 0 Å². The molecule has 152 valence electrons. The smallest absolute Gasteiger partial charge is 0.188 e. The molecule has 0 N–H and O–H groups in total. The third kappa shape index (κ3) is 2.46. The molecule has 0 unspecified atom stereocenters. The molecule has 7 rings (SSSR count). The summed E-state index contributed by atoms with van der Waals surface area (Å²) in [7, 11) is 0. The van der Waals surface area contributed by atoms with Crippen molar-refractivity contribution in [2.45, 2.75) is 62.8 Å². The lowest BCUT2D eigenvalue weighted by molar-refractivity contribution is 0.163. The van der Waals surface area contributed by atoms with Crippen molar-refractivity contribution in [3.8, 4) is 0 Å². The van der Waals surface area contributed by atoms with Gasteiger partial charge >= 0.3 is 0 Å². The molecule has 2 aliphatic heterocycles. The van der Waals surface area contributed by atoms with E-state index in [2.05, 4.69) is 48.5 Å². The topological polar surface area (TPSA) is 43.2 Å². The number of hydrogen-bond donors (Lipinski definition) is 0. The largest absolute Gasteiger partial charge is 0.474 e.